The minimum atomic E-state index is -0.938. The molecule has 0 aromatic carbocycles. The minimum absolute atomic E-state index is 0.0506. The van der Waals surface area contributed by atoms with Crippen molar-refractivity contribution < 1.29 is 33.6 Å². The Balaban J connectivity index is 1.46. The van der Waals surface area contributed by atoms with Gasteiger partial charge < -0.3 is 28.8 Å². The smallest absolute Gasteiger partial charge is 0.329 e. The van der Waals surface area contributed by atoms with Gasteiger partial charge in [-0.1, -0.05) is 50.5 Å². The van der Waals surface area contributed by atoms with E-state index in [4.69, 9.17) is 28.8 Å². The highest BCUT2D eigenvalue weighted by molar-refractivity contribution is 5.68. The first-order valence-corrected chi connectivity index (χ1v) is 15.5. The Morgan fingerprint density at radius 3 is 2.54 bits per heavy atom. The second kappa shape index (κ2) is 16.1. The van der Waals surface area contributed by atoms with E-state index in [2.05, 4.69) is 31.2 Å². The van der Waals surface area contributed by atoms with Crippen LogP contribution in [0.15, 0.2) is 35.5 Å². The van der Waals surface area contributed by atoms with Crippen LogP contribution in [0.25, 0.3) is 0 Å². The van der Waals surface area contributed by atoms with E-state index in [-0.39, 0.29) is 37.3 Å². The van der Waals surface area contributed by atoms with Gasteiger partial charge in [0.2, 0.25) is 0 Å². The molecule has 1 N–H and O–H groups in total. The number of hydrogen-bond acceptors (Lipinski definition) is 6. The number of allylic oxidation sites excluding steroid dienone is 2. The summed E-state index contributed by atoms with van der Waals surface area (Å²) < 4.78 is 30.4. The van der Waals surface area contributed by atoms with Crippen LogP contribution in [-0.2, 0) is 28.5 Å². The zero-order valence-corrected chi connectivity index (χ0v) is 24.1. The topological polar surface area (TPSA) is 83.5 Å². The minimum Gasteiger partial charge on any atom is -0.480 e. The molecule has 0 aromatic rings. The summed E-state index contributed by atoms with van der Waals surface area (Å²) in [6.07, 6.45) is 22.1. The van der Waals surface area contributed by atoms with E-state index < -0.39 is 5.97 Å². The molecule has 3 fully saturated rings. The van der Waals surface area contributed by atoms with Crippen LogP contribution in [0.5, 0.6) is 0 Å². The fourth-order valence-electron chi connectivity index (χ4n) is 6.57. The van der Waals surface area contributed by atoms with E-state index >= 15 is 0 Å². The van der Waals surface area contributed by atoms with Crippen LogP contribution in [0.4, 0.5) is 0 Å². The van der Waals surface area contributed by atoms with Gasteiger partial charge in [0, 0.05) is 19.1 Å². The van der Waals surface area contributed by atoms with Crippen molar-refractivity contribution in [2.75, 3.05) is 26.4 Å². The van der Waals surface area contributed by atoms with Gasteiger partial charge in [-0.2, -0.15) is 0 Å². The Kier molecular flexibility index (Phi) is 12.5. The quantitative estimate of drug-likeness (QED) is 0.184. The molecule has 39 heavy (non-hydrogen) atoms. The molecule has 4 aliphatic rings. The molecule has 0 spiro atoms. The number of rotatable bonds is 15. The summed E-state index contributed by atoms with van der Waals surface area (Å²) in [6.45, 7) is 5.87. The second-order valence-corrected chi connectivity index (χ2v) is 11.6. The maximum atomic E-state index is 10.9. The van der Waals surface area contributed by atoms with Crippen molar-refractivity contribution in [3.8, 4) is 0 Å². The molecule has 7 heteroatoms. The Bertz CT molecular complexity index is 837. The second-order valence-electron chi connectivity index (χ2n) is 11.6. The van der Waals surface area contributed by atoms with Crippen molar-refractivity contribution in [3.05, 3.63) is 35.5 Å². The average Bonchev–Trinajstić information content (AvgIpc) is 3.48. The molecule has 2 aliphatic carbocycles. The van der Waals surface area contributed by atoms with E-state index in [1.807, 2.05) is 6.92 Å². The molecular weight excluding hydrogens is 496 g/mol. The van der Waals surface area contributed by atoms with Gasteiger partial charge in [0.1, 0.15) is 6.61 Å². The molecule has 0 radical (unpaired) electrons. The van der Waals surface area contributed by atoms with Gasteiger partial charge >= 0.3 is 5.97 Å². The van der Waals surface area contributed by atoms with E-state index in [1.54, 1.807) is 0 Å². The van der Waals surface area contributed by atoms with Gasteiger partial charge in [-0.3, -0.25) is 0 Å². The van der Waals surface area contributed by atoms with Crippen molar-refractivity contribution in [2.45, 2.75) is 116 Å². The van der Waals surface area contributed by atoms with Crippen LogP contribution in [-0.4, -0.2) is 62.3 Å². The van der Waals surface area contributed by atoms with E-state index in [1.165, 1.54) is 18.4 Å². The molecule has 0 amide bonds. The molecular formula is C32H50O7. The summed E-state index contributed by atoms with van der Waals surface area (Å²) in [7, 11) is 0. The van der Waals surface area contributed by atoms with Crippen LogP contribution < -0.4 is 0 Å². The lowest BCUT2D eigenvalue weighted by molar-refractivity contribution is -0.193. The third-order valence-corrected chi connectivity index (χ3v) is 8.66. The average molecular weight is 547 g/mol. The van der Waals surface area contributed by atoms with Crippen molar-refractivity contribution in [2.24, 2.45) is 17.8 Å². The summed E-state index contributed by atoms with van der Waals surface area (Å²) in [6, 6.07) is 0. The molecule has 4 rings (SSSR count). The van der Waals surface area contributed by atoms with E-state index in [9.17, 15) is 4.79 Å². The molecule has 2 heterocycles. The first-order valence-electron chi connectivity index (χ1n) is 15.5. The predicted octanol–water partition coefficient (Wildman–Crippen LogP) is 6.58. The molecule has 220 valence electrons. The van der Waals surface area contributed by atoms with Crippen molar-refractivity contribution >= 4 is 5.97 Å². The lowest BCUT2D eigenvalue weighted by atomic mass is 9.88. The van der Waals surface area contributed by atoms with Crippen LogP contribution >= 0.6 is 0 Å². The SMILES string of the molecule is CC=C(COCC(=O)O)C1=CC2CC(OC3CCCCO3)C(C=CC(CCCCC)OC3CCCCO3)C2C1. The standard InChI is InChI=1S/C32H50O7/c1-3-5-6-11-26(38-31-12-7-9-16-36-31)14-15-27-28-19-24(23(4-2)21-35-22-30(33)34)18-25(28)20-29(27)39-32-13-8-10-17-37-32/h4,14-15,18,25-29,31-32H,3,5-13,16-17,19-22H2,1-2H3,(H,33,34). The Hall–Kier alpha value is -1.51. The van der Waals surface area contributed by atoms with Crippen LogP contribution in [0, 0.1) is 17.8 Å². The van der Waals surface area contributed by atoms with Crippen molar-refractivity contribution in [1.82, 2.24) is 0 Å². The number of aliphatic carboxylic acids is 1. The van der Waals surface area contributed by atoms with Crippen LogP contribution in [0.2, 0.25) is 0 Å². The van der Waals surface area contributed by atoms with Crippen molar-refractivity contribution in [3.63, 3.8) is 0 Å². The highest BCUT2D eigenvalue weighted by Crippen LogP contribution is 2.50. The van der Waals surface area contributed by atoms with E-state index in [0.29, 0.717) is 18.4 Å². The highest BCUT2D eigenvalue weighted by atomic mass is 16.7. The molecule has 7 atom stereocenters. The zero-order chi connectivity index (χ0) is 27.5. The number of hydrogen-bond donors (Lipinski definition) is 1. The maximum Gasteiger partial charge on any atom is 0.329 e. The van der Waals surface area contributed by atoms with Crippen LogP contribution in [0.3, 0.4) is 0 Å². The number of carboxylic acids is 1. The highest BCUT2D eigenvalue weighted by Gasteiger charge is 2.46. The number of ether oxygens (including phenoxy) is 5. The predicted molar refractivity (Wildman–Crippen MR) is 150 cm³/mol. The number of fused-ring (bicyclic) bond motifs is 1. The maximum absolute atomic E-state index is 10.9. The van der Waals surface area contributed by atoms with Gasteiger partial charge in [-0.25, -0.2) is 4.79 Å². The van der Waals surface area contributed by atoms with Gasteiger partial charge in [0.25, 0.3) is 0 Å². The Labute approximate surface area is 234 Å². The first-order chi connectivity index (χ1) is 19.1. The third kappa shape index (κ3) is 9.25. The largest absolute Gasteiger partial charge is 0.480 e. The molecule has 7 unspecified atom stereocenters. The number of unbranched alkanes of at least 4 members (excludes halogenated alkanes) is 2. The molecule has 7 nitrogen and oxygen atoms in total. The van der Waals surface area contributed by atoms with Crippen LogP contribution in [0.1, 0.15) is 90.9 Å². The number of carboxylic acid groups (broad SMARTS) is 1. The van der Waals surface area contributed by atoms with Gasteiger partial charge in [-0.15, -0.1) is 0 Å². The van der Waals surface area contributed by atoms with Gasteiger partial charge in [-0.05, 0) is 87.7 Å². The molecule has 0 aromatic heterocycles. The summed E-state index contributed by atoms with van der Waals surface area (Å²) in [4.78, 5) is 10.9. The molecule has 0 bridgehead atoms. The lowest BCUT2D eigenvalue weighted by Crippen LogP contribution is -2.31. The first kappa shape index (κ1) is 30.4. The summed E-state index contributed by atoms with van der Waals surface area (Å²) >= 11 is 0. The third-order valence-electron chi connectivity index (χ3n) is 8.66. The van der Waals surface area contributed by atoms with Crippen molar-refractivity contribution in [1.29, 1.82) is 0 Å². The summed E-state index contributed by atoms with van der Waals surface area (Å²) in [5.41, 5.74) is 2.38. The molecule has 2 aliphatic heterocycles. The Morgan fingerprint density at radius 1 is 1.10 bits per heavy atom. The normalized spacial score (nSPS) is 32.4. The zero-order valence-electron chi connectivity index (χ0n) is 24.1. The summed E-state index contributed by atoms with van der Waals surface area (Å²) in [5, 5.41) is 8.96. The Morgan fingerprint density at radius 2 is 1.87 bits per heavy atom. The van der Waals surface area contributed by atoms with E-state index in [0.717, 1.165) is 83.0 Å². The fourth-order valence-corrected chi connectivity index (χ4v) is 6.57. The molecule has 1 saturated carbocycles. The summed E-state index contributed by atoms with van der Waals surface area (Å²) in [5.74, 6) is 0.212. The fraction of sp³-hybridized carbons (Fsp3) is 0.781. The van der Waals surface area contributed by atoms with Gasteiger partial charge in [0.05, 0.1) is 18.8 Å². The number of carbonyl (C=O) groups is 1. The monoisotopic (exact) mass is 546 g/mol. The molecule has 2 saturated heterocycles. The van der Waals surface area contributed by atoms with Gasteiger partial charge in [0.15, 0.2) is 12.6 Å². The lowest BCUT2D eigenvalue weighted by Gasteiger charge is -2.30.